The number of aromatic nitrogens is 4. The minimum absolute atomic E-state index is 0.567. The first-order valence-corrected chi connectivity index (χ1v) is 18.9. The molecule has 260 valence electrons. The summed E-state index contributed by atoms with van der Waals surface area (Å²) in [7, 11) is 0. The van der Waals surface area contributed by atoms with E-state index in [1.807, 2.05) is 66.7 Å². The summed E-state index contributed by atoms with van der Waals surface area (Å²) < 4.78 is 9.24. The number of hydrogen-bond acceptors (Lipinski definition) is 4. The third-order valence-electron chi connectivity index (χ3n) is 11.2. The summed E-state index contributed by atoms with van der Waals surface area (Å²) in [5.74, 6) is 1.80. The predicted octanol–water partition coefficient (Wildman–Crippen LogP) is 13.3. The maximum atomic E-state index is 6.84. The number of hydrogen-bond donors (Lipinski definition) is 0. The van der Waals surface area contributed by atoms with E-state index in [1.165, 1.54) is 37.7 Å². The lowest BCUT2D eigenvalue weighted by atomic mass is 9.94. The van der Waals surface area contributed by atoms with Crippen LogP contribution in [0.4, 0.5) is 0 Å². The lowest BCUT2D eigenvalue weighted by Crippen LogP contribution is -2.00. The highest BCUT2D eigenvalue weighted by Crippen LogP contribution is 2.42. The summed E-state index contributed by atoms with van der Waals surface area (Å²) in [6.07, 6.45) is 0. The fourth-order valence-corrected chi connectivity index (χ4v) is 8.68. The highest BCUT2D eigenvalue weighted by molar-refractivity contribution is 6.26. The molecule has 0 atom stereocenters. The van der Waals surface area contributed by atoms with Gasteiger partial charge in [0.05, 0.1) is 16.6 Å². The summed E-state index contributed by atoms with van der Waals surface area (Å²) in [5, 5.41) is 11.9. The molecular formula is C51H30N4O. The molecular weight excluding hydrogens is 685 g/mol. The second-order valence-corrected chi connectivity index (χ2v) is 14.4. The number of fused-ring (bicyclic) bond motifs is 12. The monoisotopic (exact) mass is 714 g/mol. The number of benzene rings is 9. The Morgan fingerprint density at radius 1 is 0.339 bits per heavy atom. The highest BCUT2D eigenvalue weighted by Gasteiger charge is 2.21. The van der Waals surface area contributed by atoms with E-state index in [-0.39, 0.29) is 0 Å². The van der Waals surface area contributed by atoms with Crippen LogP contribution in [0, 0.1) is 0 Å². The zero-order chi connectivity index (χ0) is 36.7. The maximum Gasteiger partial charge on any atom is 0.167 e. The molecule has 0 bridgehead atoms. The molecule has 0 fully saturated rings. The molecule has 0 radical (unpaired) electrons. The summed E-state index contributed by atoms with van der Waals surface area (Å²) in [4.78, 5) is 15.0. The molecule has 0 unspecified atom stereocenters. The van der Waals surface area contributed by atoms with Crippen molar-refractivity contribution in [3.8, 4) is 39.9 Å². The Morgan fingerprint density at radius 3 is 1.54 bits per heavy atom. The van der Waals surface area contributed by atoms with Gasteiger partial charge in [-0.3, -0.25) is 0 Å². The molecule has 9 aromatic carbocycles. The van der Waals surface area contributed by atoms with E-state index >= 15 is 0 Å². The Morgan fingerprint density at radius 2 is 0.875 bits per heavy atom. The fraction of sp³-hybridized carbons (Fsp3) is 0. The molecule has 3 aromatic heterocycles. The van der Waals surface area contributed by atoms with E-state index in [2.05, 4.69) is 120 Å². The van der Waals surface area contributed by atoms with E-state index in [4.69, 9.17) is 19.4 Å². The van der Waals surface area contributed by atoms with Gasteiger partial charge in [0, 0.05) is 38.4 Å². The minimum Gasteiger partial charge on any atom is -0.455 e. The molecule has 12 aromatic rings. The van der Waals surface area contributed by atoms with Gasteiger partial charge in [0.1, 0.15) is 11.2 Å². The fourth-order valence-electron chi connectivity index (χ4n) is 8.68. The quantitative estimate of drug-likeness (QED) is 0.170. The average molecular weight is 715 g/mol. The Labute approximate surface area is 320 Å². The zero-order valence-corrected chi connectivity index (χ0v) is 30.0. The first-order valence-electron chi connectivity index (χ1n) is 18.9. The molecule has 56 heavy (non-hydrogen) atoms. The summed E-state index contributed by atoms with van der Waals surface area (Å²) in [5.41, 5.74) is 7.63. The minimum atomic E-state index is 0.567. The van der Waals surface area contributed by atoms with Crippen molar-refractivity contribution >= 4 is 76.1 Å². The largest absolute Gasteiger partial charge is 0.455 e. The first kappa shape index (κ1) is 30.8. The van der Waals surface area contributed by atoms with Gasteiger partial charge in [-0.1, -0.05) is 146 Å². The lowest BCUT2D eigenvalue weighted by Gasteiger charge is -2.13. The molecule has 0 aliphatic carbocycles. The van der Waals surface area contributed by atoms with Crippen LogP contribution in [0.1, 0.15) is 0 Å². The van der Waals surface area contributed by atoms with Crippen LogP contribution in [0.2, 0.25) is 0 Å². The summed E-state index contributed by atoms with van der Waals surface area (Å²) >= 11 is 0. The summed E-state index contributed by atoms with van der Waals surface area (Å²) in [6, 6.07) is 63.9. The van der Waals surface area contributed by atoms with E-state index in [1.54, 1.807) is 0 Å². The van der Waals surface area contributed by atoms with Crippen LogP contribution < -0.4 is 0 Å². The Hall–Kier alpha value is -7.63. The molecule has 0 amide bonds. The normalized spacial score (nSPS) is 11.9. The van der Waals surface area contributed by atoms with Crippen molar-refractivity contribution in [1.29, 1.82) is 0 Å². The van der Waals surface area contributed by atoms with Gasteiger partial charge in [-0.05, 0) is 68.7 Å². The number of furan rings is 1. The van der Waals surface area contributed by atoms with Gasteiger partial charge in [-0.15, -0.1) is 0 Å². The third-order valence-corrected chi connectivity index (χ3v) is 11.2. The first-order chi connectivity index (χ1) is 27.8. The molecule has 0 aliphatic heterocycles. The molecule has 0 N–H and O–H groups in total. The van der Waals surface area contributed by atoms with Crippen LogP contribution in [0.15, 0.2) is 186 Å². The second kappa shape index (κ2) is 11.9. The van der Waals surface area contributed by atoms with Crippen molar-refractivity contribution in [2.75, 3.05) is 0 Å². The molecule has 0 spiro atoms. The van der Waals surface area contributed by atoms with Gasteiger partial charge in [-0.25, -0.2) is 15.0 Å². The van der Waals surface area contributed by atoms with Crippen molar-refractivity contribution in [2.45, 2.75) is 0 Å². The van der Waals surface area contributed by atoms with Crippen molar-refractivity contribution < 1.29 is 4.42 Å². The van der Waals surface area contributed by atoms with Crippen molar-refractivity contribution in [2.24, 2.45) is 0 Å². The lowest BCUT2D eigenvalue weighted by molar-refractivity contribution is 0.670. The number of rotatable bonds is 4. The Kier molecular flexibility index (Phi) is 6.56. The summed E-state index contributed by atoms with van der Waals surface area (Å²) in [6.45, 7) is 0. The molecule has 5 heteroatoms. The topological polar surface area (TPSA) is 56.7 Å². The SMILES string of the molecule is c1ccc(-c2nc(-c3ccccc3)nc(-c3cccc4c3oc3cc5c6ccccc6n(-c6ccc7c8ccccc8c8ccccc8c7c6)c5cc34)n2)cc1. The van der Waals surface area contributed by atoms with E-state index in [0.29, 0.717) is 17.5 Å². The van der Waals surface area contributed by atoms with E-state index in [9.17, 15) is 0 Å². The van der Waals surface area contributed by atoms with Crippen molar-refractivity contribution in [3.63, 3.8) is 0 Å². The van der Waals surface area contributed by atoms with Crippen LogP contribution in [0.3, 0.4) is 0 Å². The average Bonchev–Trinajstić information content (AvgIpc) is 3.81. The van der Waals surface area contributed by atoms with Crippen LogP contribution in [0.5, 0.6) is 0 Å². The van der Waals surface area contributed by atoms with Gasteiger partial charge >= 0.3 is 0 Å². The van der Waals surface area contributed by atoms with Crippen molar-refractivity contribution in [3.05, 3.63) is 182 Å². The molecule has 5 nitrogen and oxygen atoms in total. The molecule has 3 heterocycles. The van der Waals surface area contributed by atoms with Crippen molar-refractivity contribution in [1.82, 2.24) is 19.5 Å². The van der Waals surface area contributed by atoms with Crippen LogP contribution in [-0.2, 0) is 0 Å². The van der Waals surface area contributed by atoms with Gasteiger partial charge in [0.15, 0.2) is 17.5 Å². The molecule has 0 saturated carbocycles. The molecule has 12 rings (SSSR count). The highest BCUT2D eigenvalue weighted by atomic mass is 16.3. The van der Waals surface area contributed by atoms with Gasteiger partial charge in [0.25, 0.3) is 0 Å². The number of para-hydroxylation sites is 2. The second-order valence-electron chi connectivity index (χ2n) is 14.4. The van der Waals surface area contributed by atoms with Crippen LogP contribution >= 0.6 is 0 Å². The van der Waals surface area contributed by atoms with Gasteiger partial charge < -0.3 is 8.98 Å². The van der Waals surface area contributed by atoms with E-state index < -0.39 is 0 Å². The number of nitrogens with zero attached hydrogens (tertiary/aromatic N) is 4. The van der Waals surface area contributed by atoms with Gasteiger partial charge in [-0.2, -0.15) is 0 Å². The predicted molar refractivity (Wildman–Crippen MR) is 230 cm³/mol. The molecule has 0 saturated heterocycles. The zero-order valence-electron chi connectivity index (χ0n) is 30.0. The Balaban J connectivity index is 1.10. The van der Waals surface area contributed by atoms with Crippen LogP contribution in [-0.4, -0.2) is 19.5 Å². The van der Waals surface area contributed by atoms with Crippen LogP contribution in [0.25, 0.3) is 116 Å². The smallest absolute Gasteiger partial charge is 0.167 e. The van der Waals surface area contributed by atoms with Gasteiger partial charge in [0.2, 0.25) is 0 Å². The standard InChI is InChI=1S/C51H30N4O/c1-3-14-31(15-4-1)49-52-50(32-16-5-2-6-17-32)54-51(53-49)41-24-13-23-40-44-29-46-43(30-47(44)56-48(40)41)39-22-11-12-25-45(39)55(46)33-26-27-38-36-20-8-7-18-34(36)35-19-9-10-21-37(35)42(38)28-33/h1-30H. The third kappa shape index (κ3) is 4.58. The maximum absolute atomic E-state index is 6.84. The molecule has 0 aliphatic rings. The van der Waals surface area contributed by atoms with E-state index in [0.717, 1.165) is 60.7 Å². The Bertz CT molecular complexity index is 3440.